The lowest BCUT2D eigenvalue weighted by Crippen LogP contribution is -2.50. The molecule has 0 saturated carbocycles. The van der Waals surface area contributed by atoms with Gasteiger partial charge >= 0.3 is 12.0 Å². The van der Waals surface area contributed by atoms with Crippen LogP contribution in [0.25, 0.3) is 0 Å². The molecule has 0 aliphatic heterocycles. The highest BCUT2D eigenvalue weighted by Gasteiger charge is 2.27. The van der Waals surface area contributed by atoms with Crippen LogP contribution in [-0.4, -0.2) is 58.6 Å². The van der Waals surface area contributed by atoms with E-state index in [1.165, 1.54) is 23.2 Å². The third kappa shape index (κ3) is 10.7. The number of halogens is 2. The predicted molar refractivity (Wildman–Crippen MR) is 158 cm³/mol. The average Bonchev–Trinajstić information content (AvgIpc) is 2.94. The number of hydrogen-bond donors (Lipinski definition) is 2. The Balaban J connectivity index is 1.63. The quantitative estimate of drug-likeness (QED) is 0.141. The fraction of sp³-hybridized carbons (Fsp3) is 0.241. The number of Topliss-reactive ketones (excluding diaryl/α,β-unsaturated/α-hetero) is 1. The summed E-state index contributed by atoms with van der Waals surface area (Å²) in [4.78, 5) is 39.4. The van der Waals surface area contributed by atoms with Crippen molar-refractivity contribution in [2.45, 2.75) is 32.0 Å². The smallest absolute Gasteiger partial charge is 0.318 e. The van der Waals surface area contributed by atoms with Gasteiger partial charge in [-0.05, 0) is 34.0 Å². The van der Waals surface area contributed by atoms with E-state index in [1.54, 1.807) is 18.2 Å². The predicted octanol–water partition coefficient (Wildman–Crippen LogP) is 5.65. The number of carboxylic acids is 1. The van der Waals surface area contributed by atoms with Crippen molar-refractivity contribution in [1.29, 1.82) is 0 Å². The Morgan fingerprint density at radius 2 is 1.46 bits per heavy atom. The second-order valence-electron chi connectivity index (χ2n) is 9.09. The minimum atomic E-state index is -1.28. The number of carbonyl (C=O) groups is 3. The molecular formula is C29H30Cl2N6O4. The van der Waals surface area contributed by atoms with Crippen molar-refractivity contribution in [1.82, 2.24) is 15.2 Å². The Hall–Kier alpha value is -4.28. The maximum atomic E-state index is 13.3. The van der Waals surface area contributed by atoms with Crippen LogP contribution in [0, 0.1) is 0 Å². The van der Waals surface area contributed by atoms with Crippen molar-refractivity contribution in [3.05, 3.63) is 106 Å². The fourth-order valence-electron chi connectivity index (χ4n) is 3.82. The summed E-state index contributed by atoms with van der Waals surface area (Å²) >= 11 is 12.3. The monoisotopic (exact) mass is 596 g/mol. The highest BCUT2D eigenvalue weighted by molar-refractivity contribution is 6.36. The number of amides is 2. The van der Waals surface area contributed by atoms with Crippen LogP contribution in [0.3, 0.4) is 0 Å². The van der Waals surface area contributed by atoms with E-state index in [9.17, 15) is 19.5 Å². The number of rotatable bonds is 14. The van der Waals surface area contributed by atoms with Gasteiger partial charge in [0, 0.05) is 42.8 Å². The fourth-order valence-corrected chi connectivity index (χ4v) is 4.37. The Morgan fingerprint density at radius 1 is 0.902 bits per heavy atom. The third-order valence-electron chi connectivity index (χ3n) is 5.85. The normalized spacial score (nSPS) is 11.9. The van der Waals surface area contributed by atoms with Gasteiger partial charge in [-0.3, -0.25) is 14.6 Å². The van der Waals surface area contributed by atoms with Gasteiger partial charge in [0.25, 0.3) is 0 Å². The molecule has 41 heavy (non-hydrogen) atoms. The molecule has 0 spiro atoms. The molecule has 2 amide bonds. The third-order valence-corrected chi connectivity index (χ3v) is 6.56. The van der Waals surface area contributed by atoms with Crippen molar-refractivity contribution in [2.24, 2.45) is 15.5 Å². The Labute approximate surface area is 248 Å². The highest BCUT2D eigenvalue weighted by atomic mass is 35.5. The summed E-state index contributed by atoms with van der Waals surface area (Å²) in [5.74, 6) is -1.78. The largest absolute Gasteiger partial charge is 0.481 e. The summed E-state index contributed by atoms with van der Waals surface area (Å²) in [6.07, 6.45) is 1.21. The summed E-state index contributed by atoms with van der Waals surface area (Å²) in [6, 6.07) is 22.1. The topological polar surface area (TPSA) is 127 Å². The van der Waals surface area contributed by atoms with Crippen LogP contribution in [0.4, 0.5) is 4.79 Å². The van der Waals surface area contributed by atoms with Crippen molar-refractivity contribution < 1.29 is 19.5 Å². The zero-order valence-electron chi connectivity index (χ0n) is 22.4. The van der Waals surface area contributed by atoms with Crippen LogP contribution in [0.15, 0.2) is 94.4 Å². The first kappa shape index (κ1) is 31.3. The van der Waals surface area contributed by atoms with E-state index in [1.807, 2.05) is 60.7 Å². The standard InChI is InChI=1S/C29H30Cl2N6O4/c1-36(35-34-32-16-15-23-24(30)13-8-14-25(23)31)20-27(38)26(17-28(39)40)33-29(41)37(18-21-9-4-2-5-10-21)19-22-11-6-3-7-12-22/h2-14,16,26H,15,17-20H2,1H3,(H,33,41)(H,39,40)/b32-16+,35-34-. The molecule has 3 rings (SSSR count). The van der Waals surface area contributed by atoms with E-state index in [2.05, 4.69) is 20.9 Å². The first-order chi connectivity index (χ1) is 19.7. The number of nitrogens with one attached hydrogen (secondary N) is 1. The van der Waals surface area contributed by atoms with E-state index >= 15 is 0 Å². The molecule has 12 heteroatoms. The van der Waals surface area contributed by atoms with Gasteiger partial charge in [-0.1, -0.05) is 95.2 Å². The van der Waals surface area contributed by atoms with Gasteiger partial charge in [-0.2, -0.15) is 0 Å². The van der Waals surface area contributed by atoms with Crippen molar-refractivity contribution in [2.75, 3.05) is 13.6 Å². The number of hydrogen-bond acceptors (Lipinski definition) is 5. The summed E-state index contributed by atoms with van der Waals surface area (Å²) in [6.45, 7) is 0.229. The van der Waals surface area contributed by atoms with Crippen LogP contribution in [-0.2, 0) is 29.1 Å². The minimum Gasteiger partial charge on any atom is -0.481 e. The molecule has 0 radical (unpaired) electrons. The number of ketones is 1. The van der Waals surface area contributed by atoms with Gasteiger partial charge in [0.1, 0.15) is 6.04 Å². The molecule has 1 unspecified atom stereocenters. The van der Waals surface area contributed by atoms with Gasteiger partial charge in [0.2, 0.25) is 0 Å². The number of urea groups is 1. The SMILES string of the molecule is CN(CC(=O)C(CC(=O)O)NC(=O)N(Cc1ccccc1)Cc1ccccc1)/N=N\N=C\Cc1c(Cl)cccc1Cl. The molecule has 0 aliphatic carbocycles. The number of carbonyl (C=O) groups excluding carboxylic acids is 2. The summed E-state index contributed by atoms with van der Waals surface area (Å²) in [5, 5.41) is 25.6. The molecule has 10 nitrogen and oxygen atoms in total. The molecule has 0 aromatic heterocycles. The van der Waals surface area contributed by atoms with E-state index < -0.39 is 30.2 Å². The van der Waals surface area contributed by atoms with Crippen LogP contribution in [0.1, 0.15) is 23.1 Å². The van der Waals surface area contributed by atoms with E-state index in [0.717, 1.165) is 11.1 Å². The van der Waals surface area contributed by atoms with Crippen LogP contribution in [0.5, 0.6) is 0 Å². The first-order valence-electron chi connectivity index (χ1n) is 12.7. The number of likely N-dealkylation sites (N-methyl/N-ethyl adjacent to an activating group) is 1. The zero-order chi connectivity index (χ0) is 29.6. The summed E-state index contributed by atoms with van der Waals surface area (Å²) in [5.41, 5.74) is 2.47. The molecule has 3 aromatic carbocycles. The van der Waals surface area contributed by atoms with Crippen molar-refractivity contribution in [3.8, 4) is 0 Å². The van der Waals surface area contributed by atoms with Crippen molar-refractivity contribution in [3.63, 3.8) is 0 Å². The molecule has 0 saturated heterocycles. The maximum Gasteiger partial charge on any atom is 0.318 e. The maximum absolute atomic E-state index is 13.3. The summed E-state index contributed by atoms with van der Waals surface area (Å²) < 4.78 is 0. The second-order valence-corrected chi connectivity index (χ2v) is 9.90. The molecule has 1 atom stereocenters. The van der Waals surface area contributed by atoms with Crippen LogP contribution >= 0.6 is 23.2 Å². The van der Waals surface area contributed by atoms with Gasteiger partial charge in [-0.15, -0.1) is 5.10 Å². The molecule has 0 aliphatic rings. The Morgan fingerprint density at radius 3 is 2.00 bits per heavy atom. The Bertz CT molecular complexity index is 1310. The van der Waals surface area contributed by atoms with Crippen LogP contribution in [0.2, 0.25) is 10.0 Å². The van der Waals surface area contributed by atoms with Gasteiger partial charge < -0.3 is 15.3 Å². The lowest BCUT2D eigenvalue weighted by molar-refractivity contribution is -0.139. The highest BCUT2D eigenvalue weighted by Crippen LogP contribution is 2.24. The first-order valence-corrected chi connectivity index (χ1v) is 13.4. The number of aliphatic carboxylic acids is 1. The Kier molecular flexibility index (Phi) is 12.3. The minimum absolute atomic E-state index is 0.265. The summed E-state index contributed by atoms with van der Waals surface area (Å²) in [7, 11) is 1.48. The van der Waals surface area contributed by atoms with E-state index in [-0.39, 0.29) is 19.6 Å². The van der Waals surface area contributed by atoms with Crippen LogP contribution < -0.4 is 5.32 Å². The van der Waals surface area contributed by atoms with Gasteiger partial charge in [0.15, 0.2) is 5.78 Å². The molecule has 2 N–H and O–H groups in total. The van der Waals surface area contributed by atoms with Crippen molar-refractivity contribution >= 4 is 47.2 Å². The van der Waals surface area contributed by atoms with Gasteiger partial charge in [-0.25, -0.2) is 4.79 Å². The molecular weight excluding hydrogens is 567 g/mol. The van der Waals surface area contributed by atoms with E-state index in [4.69, 9.17) is 23.2 Å². The number of nitrogens with zero attached hydrogens (tertiary/aromatic N) is 5. The molecule has 214 valence electrons. The second kappa shape index (κ2) is 16.1. The molecule has 3 aromatic rings. The molecule has 0 heterocycles. The zero-order valence-corrected chi connectivity index (χ0v) is 23.9. The van der Waals surface area contributed by atoms with E-state index in [0.29, 0.717) is 22.0 Å². The average molecular weight is 598 g/mol. The lowest BCUT2D eigenvalue weighted by atomic mass is 10.1. The molecule has 0 fully saturated rings. The lowest BCUT2D eigenvalue weighted by Gasteiger charge is -2.26. The van der Waals surface area contributed by atoms with Gasteiger partial charge in [0.05, 0.1) is 13.0 Å². The molecule has 0 bridgehead atoms. The number of benzene rings is 3. The number of carboxylic acid groups (broad SMARTS) is 1.